The third-order valence-electron chi connectivity index (χ3n) is 4.79. The highest BCUT2D eigenvalue weighted by Crippen LogP contribution is 2.38. The molecule has 1 N–H and O–H groups in total. The van der Waals surface area contributed by atoms with Crippen LogP contribution in [-0.4, -0.2) is 37.0 Å². The van der Waals surface area contributed by atoms with Crippen molar-refractivity contribution in [2.24, 2.45) is 5.41 Å². The van der Waals surface area contributed by atoms with Gasteiger partial charge in [0.15, 0.2) is 0 Å². The number of carbonyl (C=O) groups excluding carboxylic acids is 1. The molecular weight excluding hydrogens is 343 g/mol. The minimum atomic E-state index is 0. The summed E-state index contributed by atoms with van der Waals surface area (Å²) >= 11 is 11.9. The van der Waals surface area contributed by atoms with Crippen molar-refractivity contribution in [3.8, 4) is 0 Å². The molecule has 0 aromatic heterocycles. The number of rotatable bonds is 2. The maximum absolute atomic E-state index is 12.5. The lowest BCUT2D eigenvalue weighted by Gasteiger charge is -2.33. The molecule has 1 spiro atoms. The number of nitrogens with zero attached hydrogens (tertiary/aromatic N) is 1. The number of halogens is 3. The van der Waals surface area contributed by atoms with E-state index in [0.717, 1.165) is 38.2 Å². The predicted molar refractivity (Wildman–Crippen MR) is 93.1 cm³/mol. The van der Waals surface area contributed by atoms with Crippen LogP contribution in [0.2, 0.25) is 10.0 Å². The molecule has 2 aliphatic heterocycles. The van der Waals surface area contributed by atoms with Crippen LogP contribution in [0.25, 0.3) is 0 Å². The Labute approximate surface area is 147 Å². The minimum absolute atomic E-state index is 0. The summed E-state index contributed by atoms with van der Waals surface area (Å²) < 4.78 is 0. The quantitative estimate of drug-likeness (QED) is 0.871. The molecule has 1 amide bonds. The number of hydrogen-bond acceptors (Lipinski definition) is 2. The largest absolute Gasteiger partial charge is 0.342 e. The van der Waals surface area contributed by atoms with E-state index in [9.17, 15) is 4.79 Å². The summed E-state index contributed by atoms with van der Waals surface area (Å²) in [7, 11) is 0. The molecule has 2 saturated heterocycles. The van der Waals surface area contributed by atoms with Gasteiger partial charge >= 0.3 is 0 Å². The summed E-state index contributed by atoms with van der Waals surface area (Å²) in [5.74, 6) is 0.198. The lowest BCUT2D eigenvalue weighted by atomic mass is 9.78. The fourth-order valence-corrected chi connectivity index (χ4v) is 3.77. The lowest BCUT2D eigenvalue weighted by molar-refractivity contribution is -0.129. The summed E-state index contributed by atoms with van der Waals surface area (Å²) in [5, 5.41) is 4.44. The first kappa shape index (κ1) is 17.9. The fourth-order valence-electron chi connectivity index (χ4n) is 3.45. The summed E-state index contributed by atoms with van der Waals surface area (Å²) in [6.07, 6.45) is 3.92. The van der Waals surface area contributed by atoms with Gasteiger partial charge in [0.2, 0.25) is 5.91 Å². The number of benzene rings is 1. The maximum Gasteiger partial charge on any atom is 0.227 e. The van der Waals surface area contributed by atoms with Crippen LogP contribution in [0.5, 0.6) is 0 Å². The van der Waals surface area contributed by atoms with E-state index in [-0.39, 0.29) is 18.3 Å². The molecule has 1 aromatic carbocycles. The molecule has 2 aliphatic rings. The van der Waals surface area contributed by atoms with Crippen molar-refractivity contribution in [1.82, 2.24) is 10.2 Å². The van der Waals surface area contributed by atoms with E-state index >= 15 is 0 Å². The first-order chi connectivity index (χ1) is 10.1. The average Bonchev–Trinajstić information content (AvgIpc) is 2.87. The maximum atomic E-state index is 12.5. The van der Waals surface area contributed by atoms with Crippen molar-refractivity contribution >= 4 is 41.5 Å². The van der Waals surface area contributed by atoms with Gasteiger partial charge in [-0.1, -0.05) is 29.3 Å². The van der Waals surface area contributed by atoms with E-state index < -0.39 is 0 Å². The van der Waals surface area contributed by atoms with E-state index in [1.54, 1.807) is 12.1 Å². The Morgan fingerprint density at radius 2 is 1.91 bits per heavy atom. The van der Waals surface area contributed by atoms with Crippen molar-refractivity contribution < 1.29 is 4.79 Å². The Hall–Kier alpha value is -0.480. The van der Waals surface area contributed by atoms with E-state index in [2.05, 4.69) is 5.32 Å². The summed E-state index contributed by atoms with van der Waals surface area (Å²) in [6, 6.07) is 5.42. The van der Waals surface area contributed by atoms with Gasteiger partial charge in [0.05, 0.1) is 16.5 Å². The Kier molecular flexibility index (Phi) is 6.00. The summed E-state index contributed by atoms with van der Waals surface area (Å²) in [6.45, 7) is 3.96. The zero-order valence-corrected chi connectivity index (χ0v) is 14.7. The molecule has 6 heteroatoms. The van der Waals surface area contributed by atoms with Gasteiger partial charge in [-0.3, -0.25) is 4.79 Å². The second-order valence-corrected chi connectivity index (χ2v) is 7.05. The number of amides is 1. The van der Waals surface area contributed by atoms with E-state index in [0.29, 0.717) is 21.9 Å². The van der Waals surface area contributed by atoms with Crippen LogP contribution in [0.3, 0.4) is 0 Å². The van der Waals surface area contributed by atoms with Crippen molar-refractivity contribution in [3.63, 3.8) is 0 Å². The van der Waals surface area contributed by atoms with Gasteiger partial charge in [-0.05, 0) is 55.5 Å². The molecule has 0 atom stereocenters. The van der Waals surface area contributed by atoms with Crippen LogP contribution in [0.4, 0.5) is 0 Å². The molecular formula is C16H21Cl3N2O. The third-order valence-corrected chi connectivity index (χ3v) is 5.53. The molecule has 0 unspecified atom stereocenters. The first-order valence-corrected chi connectivity index (χ1v) is 8.26. The Morgan fingerprint density at radius 1 is 1.18 bits per heavy atom. The van der Waals surface area contributed by atoms with E-state index in [4.69, 9.17) is 23.2 Å². The molecule has 2 heterocycles. The van der Waals surface area contributed by atoms with Gasteiger partial charge in [0.25, 0.3) is 0 Å². The highest BCUT2D eigenvalue weighted by atomic mass is 35.5. The SMILES string of the molecule is Cl.O=C(Cc1ccc(Cl)c(Cl)c1)N1CCC2(CCNCC2)C1. The molecule has 3 rings (SSSR count). The van der Waals surface area contributed by atoms with Crippen molar-refractivity contribution in [2.45, 2.75) is 25.7 Å². The van der Waals surface area contributed by atoms with Crippen molar-refractivity contribution in [3.05, 3.63) is 33.8 Å². The van der Waals surface area contributed by atoms with Crippen LogP contribution in [0.1, 0.15) is 24.8 Å². The van der Waals surface area contributed by atoms with Gasteiger partial charge in [0.1, 0.15) is 0 Å². The van der Waals surface area contributed by atoms with Crippen LogP contribution >= 0.6 is 35.6 Å². The molecule has 0 radical (unpaired) electrons. The highest BCUT2D eigenvalue weighted by Gasteiger charge is 2.40. The van der Waals surface area contributed by atoms with Gasteiger partial charge in [0, 0.05) is 13.1 Å². The molecule has 0 aliphatic carbocycles. The number of likely N-dealkylation sites (tertiary alicyclic amines) is 1. The van der Waals surface area contributed by atoms with Crippen LogP contribution < -0.4 is 5.32 Å². The molecule has 1 aromatic rings. The predicted octanol–water partition coefficient (Wildman–Crippen LogP) is 3.56. The molecule has 0 saturated carbocycles. The highest BCUT2D eigenvalue weighted by molar-refractivity contribution is 6.42. The van der Waals surface area contributed by atoms with Gasteiger partial charge < -0.3 is 10.2 Å². The van der Waals surface area contributed by atoms with E-state index in [1.165, 1.54) is 12.8 Å². The van der Waals surface area contributed by atoms with Gasteiger partial charge in [-0.2, -0.15) is 0 Å². The van der Waals surface area contributed by atoms with E-state index in [1.807, 2.05) is 11.0 Å². The Morgan fingerprint density at radius 3 is 2.59 bits per heavy atom. The standard InChI is InChI=1S/C16H20Cl2N2O.ClH/c17-13-2-1-12(9-14(13)18)10-15(21)20-8-5-16(11-20)3-6-19-7-4-16;/h1-2,9,19H,3-8,10-11H2;1H. The number of piperidine rings is 1. The molecule has 3 nitrogen and oxygen atoms in total. The van der Waals surface area contributed by atoms with Crippen LogP contribution in [0, 0.1) is 5.41 Å². The molecule has 0 bridgehead atoms. The van der Waals surface area contributed by atoms with Gasteiger partial charge in [-0.15, -0.1) is 12.4 Å². The zero-order chi connectivity index (χ0) is 14.9. The number of hydrogen-bond donors (Lipinski definition) is 1. The molecule has 22 heavy (non-hydrogen) atoms. The second kappa shape index (κ2) is 7.39. The average molecular weight is 364 g/mol. The Balaban J connectivity index is 0.00000176. The van der Waals surface area contributed by atoms with Crippen LogP contribution in [0.15, 0.2) is 18.2 Å². The fraction of sp³-hybridized carbons (Fsp3) is 0.562. The van der Waals surface area contributed by atoms with Gasteiger partial charge in [-0.25, -0.2) is 0 Å². The Bertz CT molecular complexity index is 544. The number of carbonyl (C=O) groups is 1. The lowest BCUT2D eigenvalue weighted by Crippen LogP contribution is -2.40. The topological polar surface area (TPSA) is 32.3 Å². The number of nitrogens with one attached hydrogen (secondary N) is 1. The first-order valence-electron chi connectivity index (χ1n) is 7.50. The summed E-state index contributed by atoms with van der Waals surface area (Å²) in [4.78, 5) is 14.5. The molecule has 2 fully saturated rings. The smallest absolute Gasteiger partial charge is 0.227 e. The zero-order valence-electron chi connectivity index (χ0n) is 12.4. The minimum Gasteiger partial charge on any atom is -0.342 e. The normalized spacial score (nSPS) is 20.0. The summed E-state index contributed by atoms with van der Waals surface area (Å²) in [5.41, 5.74) is 1.29. The van der Waals surface area contributed by atoms with Crippen molar-refractivity contribution in [2.75, 3.05) is 26.2 Å². The van der Waals surface area contributed by atoms with Crippen molar-refractivity contribution in [1.29, 1.82) is 0 Å². The second-order valence-electron chi connectivity index (χ2n) is 6.24. The third kappa shape index (κ3) is 3.88. The van der Waals surface area contributed by atoms with Crippen LogP contribution in [-0.2, 0) is 11.2 Å². The monoisotopic (exact) mass is 362 g/mol. The molecule has 122 valence electrons.